The number of sulfonamides is 1. The van der Waals surface area contributed by atoms with Crippen molar-refractivity contribution in [2.24, 2.45) is 0 Å². The van der Waals surface area contributed by atoms with Gasteiger partial charge in [-0.05, 0) is 42.8 Å². The van der Waals surface area contributed by atoms with Crippen LogP contribution in [0.5, 0.6) is 0 Å². The van der Waals surface area contributed by atoms with Crippen LogP contribution in [0.25, 0.3) is 0 Å². The SMILES string of the molecule is C[C@@H](NS(=O)(=O)c1ccc(N)cc1Cl)c1ccc(Br)cc1. The predicted octanol–water partition coefficient (Wildman–Crippen LogP) is 3.72. The van der Waals surface area contributed by atoms with Gasteiger partial charge >= 0.3 is 0 Å². The Balaban J connectivity index is 2.26. The third-order valence-corrected chi connectivity index (χ3v) is 5.50. The van der Waals surface area contributed by atoms with Crippen molar-refractivity contribution in [1.82, 2.24) is 4.72 Å². The molecule has 7 heteroatoms. The molecule has 2 aromatic rings. The first kappa shape index (κ1) is 16.3. The fourth-order valence-corrected chi connectivity index (χ4v) is 3.90. The van der Waals surface area contributed by atoms with Crippen LogP contribution in [-0.4, -0.2) is 8.42 Å². The minimum Gasteiger partial charge on any atom is -0.399 e. The molecular weight excluding hydrogens is 376 g/mol. The number of halogens is 2. The van der Waals surface area contributed by atoms with E-state index in [-0.39, 0.29) is 16.0 Å². The van der Waals surface area contributed by atoms with Gasteiger partial charge in [0.15, 0.2) is 0 Å². The molecule has 0 heterocycles. The third kappa shape index (κ3) is 3.97. The van der Waals surface area contributed by atoms with Crippen molar-refractivity contribution < 1.29 is 8.42 Å². The number of nitrogen functional groups attached to an aromatic ring is 1. The first-order valence-electron chi connectivity index (χ1n) is 6.12. The standard InChI is InChI=1S/C14H14BrClN2O2S/c1-9(10-2-4-11(15)5-3-10)18-21(19,20)14-7-6-12(17)8-13(14)16/h2-9,18H,17H2,1H3/t9-/m1/s1. The Morgan fingerprint density at radius 3 is 2.38 bits per heavy atom. The molecule has 0 amide bonds. The summed E-state index contributed by atoms with van der Waals surface area (Å²) in [6.45, 7) is 1.77. The number of nitrogens with two attached hydrogens (primary N) is 1. The van der Waals surface area contributed by atoms with Gasteiger partial charge in [-0.15, -0.1) is 0 Å². The zero-order valence-corrected chi connectivity index (χ0v) is 14.3. The van der Waals surface area contributed by atoms with Crippen molar-refractivity contribution in [2.45, 2.75) is 17.9 Å². The summed E-state index contributed by atoms with van der Waals surface area (Å²) in [6.07, 6.45) is 0. The number of hydrogen-bond donors (Lipinski definition) is 2. The highest BCUT2D eigenvalue weighted by Gasteiger charge is 2.21. The zero-order valence-electron chi connectivity index (χ0n) is 11.2. The molecule has 0 fully saturated rings. The zero-order chi connectivity index (χ0) is 15.6. The Hall–Kier alpha value is -1.08. The van der Waals surface area contributed by atoms with Gasteiger partial charge in [-0.1, -0.05) is 39.7 Å². The van der Waals surface area contributed by atoms with E-state index in [9.17, 15) is 8.42 Å². The molecule has 0 spiro atoms. The van der Waals surface area contributed by atoms with Crippen LogP contribution in [0.3, 0.4) is 0 Å². The van der Waals surface area contributed by atoms with Crippen LogP contribution in [0.4, 0.5) is 5.69 Å². The summed E-state index contributed by atoms with van der Waals surface area (Å²) in [7, 11) is -3.71. The van der Waals surface area contributed by atoms with E-state index in [0.29, 0.717) is 5.69 Å². The average molecular weight is 390 g/mol. The normalized spacial score (nSPS) is 13.1. The Kier molecular flexibility index (Phi) is 4.93. The van der Waals surface area contributed by atoms with Crippen molar-refractivity contribution in [2.75, 3.05) is 5.73 Å². The van der Waals surface area contributed by atoms with Crippen LogP contribution in [0.15, 0.2) is 51.8 Å². The molecule has 2 aromatic carbocycles. The fourth-order valence-electron chi connectivity index (χ4n) is 1.85. The first-order chi connectivity index (χ1) is 9.79. The number of nitrogens with one attached hydrogen (secondary N) is 1. The third-order valence-electron chi connectivity index (χ3n) is 2.95. The maximum Gasteiger partial charge on any atom is 0.242 e. The maximum absolute atomic E-state index is 12.4. The van der Waals surface area contributed by atoms with Crippen molar-refractivity contribution >= 4 is 43.2 Å². The van der Waals surface area contributed by atoms with E-state index in [4.69, 9.17) is 17.3 Å². The van der Waals surface area contributed by atoms with Gasteiger partial charge in [-0.3, -0.25) is 0 Å². The van der Waals surface area contributed by atoms with E-state index < -0.39 is 10.0 Å². The second-order valence-electron chi connectivity index (χ2n) is 4.58. The number of anilines is 1. The fraction of sp³-hybridized carbons (Fsp3) is 0.143. The molecule has 0 radical (unpaired) electrons. The Morgan fingerprint density at radius 2 is 1.81 bits per heavy atom. The van der Waals surface area contributed by atoms with E-state index in [1.165, 1.54) is 18.2 Å². The average Bonchev–Trinajstić information content (AvgIpc) is 2.38. The van der Waals surface area contributed by atoms with E-state index in [2.05, 4.69) is 20.7 Å². The van der Waals surface area contributed by atoms with Crippen LogP contribution >= 0.6 is 27.5 Å². The largest absolute Gasteiger partial charge is 0.399 e. The van der Waals surface area contributed by atoms with Gasteiger partial charge in [0.1, 0.15) is 4.90 Å². The second kappa shape index (κ2) is 6.36. The topological polar surface area (TPSA) is 72.2 Å². The molecule has 0 bridgehead atoms. The van der Waals surface area contributed by atoms with Crippen LogP contribution in [0.1, 0.15) is 18.5 Å². The molecule has 4 nitrogen and oxygen atoms in total. The Bertz CT molecular complexity index is 748. The quantitative estimate of drug-likeness (QED) is 0.783. The molecule has 0 aliphatic heterocycles. The summed E-state index contributed by atoms with van der Waals surface area (Å²) in [4.78, 5) is 0.0160. The lowest BCUT2D eigenvalue weighted by Crippen LogP contribution is -2.27. The van der Waals surface area contributed by atoms with Crippen LogP contribution < -0.4 is 10.5 Å². The van der Waals surface area contributed by atoms with Gasteiger partial charge in [0.05, 0.1) is 5.02 Å². The molecule has 0 aromatic heterocycles. The lowest BCUT2D eigenvalue weighted by atomic mass is 10.1. The molecule has 1 atom stereocenters. The van der Waals surface area contributed by atoms with E-state index in [1.54, 1.807) is 6.92 Å². The first-order valence-corrected chi connectivity index (χ1v) is 8.78. The molecular formula is C14H14BrClN2O2S. The van der Waals surface area contributed by atoms with Gasteiger partial charge in [-0.25, -0.2) is 13.1 Å². The summed E-state index contributed by atoms with van der Waals surface area (Å²) >= 11 is 9.30. The minimum atomic E-state index is -3.71. The van der Waals surface area contributed by atoms with Crippen LogP contribution in [0, 0.1) is 0 Å². The monoisotopic (exact) mass is 388 g/mol. The molecule has 21 heavy (non-hydrogen) atoms. The summed E-state index contributed by atoms with van der Waals surface area (Å²) in [6, 6.07) is 11.4. The molecule has 2 rings (SSSR count). The highest BCUT2D eigenvalue weighted by atomic mass is 79.9. The van der Waals surface area contributed by atoms with Crippen LogP contribution in [-0.2, 0) is 10.0 Å². The lowest BCUT2D eigenvalue weighted by Gasteiger charge is -2.15. The molecule has 0 saturated carbocycles. The van der Waals surface area contributed by atoms with Crippen molar-refractivity contribution in [3.05, 3.63) is 57.5 Å². The van der Waals surface area contributed by atoms with Crippen LogP contribution in [0.2, 0.25) is 5.02 Å². The van der Waals surface area contributed by atoms with Gasteiger partial charge in [0.25, 0.3) is 0 Å². The molecule has 3 N–H and O–H groups in total. The van der Waals surface area contributed by atoms with E-state index >= 15 is 0 Å². The summed E-state index contributed by atoms with van der Waals surface area (Å²) < 4.78 is 28.3. The minimum absolute atomic E-state index is 0.0160. The number of rotatable bonds is 4. The molecule has 112 valence electrons. The predicted molar refractivity (Wildman–Crippen MR) is 88.7 cm³/mol. The van der Waals surface area contributed by atoms with Gasteiger partial charge in [-0.2, -0.15) is 0 Å². The van der Waals surface area contributed by atoms with Crippen molar-refractivity contribution in [3.63, 3.8) is 0 Å². The summed E-state index contributed by atoms with van der Waals surface area (Å²) in [5, 5.41) is 0.102. The Labute approximate surface area is 137 Å². The van der Waals surface area contributed by atoms with E-state index in [0.717, 1.165) is 10.0 Å². The van der Waals surface area contributed by atoms with Gasteiger partial charge < -0.3 is 5.73 Å². The number of hydrogen-bond acceptors (Lipinski definition) is 3. The van der Waals surface area contributed by atoms with Gasteiger partial charge in [0, 0.05) is 16.2 Å². The van der Waals surface area contributed by atoms with Gasteiger partial charge in [0.2, 0.25) is 10.0 Å². The molecule has 0 saturated heterocycles. The molecule has 0 aliphatic rings. The Morgan fingerprint density at radius 1 is 1.19 bits per heavy atom. The second-order valence-corrected chi connectivity index (χ2v) is 7.59. The van der Waals surface area contributed by atoms with Crippen molar-refractivity contribution in [1.29, 1.82) is 0 Å². The highest BCUT2D eigenvalue weighted by Crippen LogP contribution is 2.25. The lowest BCUT2D eigenvalue weighted by molar-refractivity contribution is 0.567. The molecule has 0 aliphatic carbocycles. The maximum atomic E-state index is 12.4. The smallest absolute Gasteiger partial charge is 0.242 e. The summed E-state index contributed by atoms with van der Waals surface area (Å²) in [5.41, 5.74) is 6.84. The highest BCUT2D eigenvalue weighted by molar-refractivity contribution is 9.10. The van der Waals surface area contributed by atoms with Crippen molar-refractivity contribution in [3.8, 4) is 0 Å². The molecule has 0 unspecified atom stereocenters. The number of benzene rings is 2. The summed E-state index contributed by atoms with van der Waals surface area (Å²) in [5.74, 6) is 0. The van der Waals surface area contributed by atoms with E-state index in [1.807, 2.05) is 24.3 Å².